The third kappa shape index (κ3) is 7.17. The highest BCUT2D eigenvalue weighted by Gasteiger charge is 2.08. The first kappa shape index (κ1) is 25.0. The van der Waals surface area contributed by atoms with Gasteiger partial charge >= 0.3 is 0 Å². The highest BCUT2D eigenvalue weighted by atomic mass is 127. The molecule has 9 nitrogen and oxygen atoms in total. The lowest BCUT2D eigenvalue weighted by atomic mass is 10.2. The molecular weight excluding hydrogens is 551 g/mol. The van der Waals surface area contributed by atoms with Crippen LogP contribution in [0.3, 0.4) is 0 Å². The van der Waals surface area contributed by atoms with Gasteiger partial charge in [-0.15, -0.1) is 0 Å². The van der Waals surface area contributed by atoms with Gasteiger partial charge in [0, 0.05) is 21.4 Å². The molecule has 0 aliphatic heterocycles. The normalized spacial score (nSPS) is 10.7. The van der Waals surface area contributed by atoms with Crippen molar-refractivity contribution in [3.63, 3.8) is 0 Å². The van der Waals surface area contributed by atoms with E-state index in [1.165, 1.54) is 25.5 Å². The summed E-state index contributed by atoms with van der Waals surface area (Å²) in [5.41, 5.74) is 5.97. The Balaban J connectivity index is 1.55. The topological polar surface area (TPSA) is 115 Å². The molecule has 0 heterocycles. The van der Waals surface area contributed by atoms with Gasteiger partial charge in [0.1, 0.15) is 6.61 Å². The van der Waals surface area contributed by atoms with E-state index in [2.05, 4.69) is 38.4 Å². The molecule has 1 amide bonds. The predicted molar refractivity (Wildman–Crippen MR) is 139 cm³/mol. The van der Waals surface area contributed by atoms with E-state index >= 15 is 0 Å². The molecule has 2 N–H and O–H groups in total. The highest BCUT2D eigenvalue weighted by molar-refractivity contribution is 14.1. The molecule has 0 fully saturated rings. The zero-order valence-corrected chi connectivity index (χ0v) is 20.7. The second-order valence-electron chi connectivity index (χ2n) is 7.23. The number of nitro benzene ring substituents is 1. The van der Waals surface area contributed by atoms with Gasteiger partial charge in [-0.3, -0.25) is 14.9 Å². The van der Waals surface area contributed by atoms with Crippen molar-refractivity contribution in [3.8, 4) is 11.5 Å². The van der Waals surface area contributed by atoms with E-state index in [1.54, 1.807) is 30.3 Å². The summed E-state index contributed by atoms with van der Waals surface area (Å²) in [4.78, 5) is 22.4. The summed E-state index contributed by atoms with van der Waals surface area (Å²) in [7, 11) is 1.53. The van der Waals surface area contributed by atoms with Gasteiger partial charge in [0.05, 0.1) is 24.8 Å². The van der Waals surface area contributed by atoms with Crippen LogP contribution in [0.5, 0.6) is 11.5 Å². The molecule has 0 bridgehead atoms. The summed E-state index contributed by atoms with van der Waals surface area (Å²) in [5, 5.41) is 17.8. The van der Waals surface area contributed by atoms with Crippen LogP contribution >= 0.6 is 22.6 Å². The first-order chi connectivity index (χ1) is 16.4. The standard InChI is InChI=1S/C24H23IN4O5/c1-16-11-19(6-9-21(16)25)26-14-24(30)28-27-13-18-5-10-22(33-2)23(12-18)34-15-17-3-7-20(8-4-17)29(31)32/h3-13,26H,14-15H2,1-2H3,(H,28,30)/b27-13-. The van der Waals surface area contributed by atoms with Gasteiger partial charge in [0.15, 0.2) is 11.5 Å². The Kier molecular flexibility index (Phi) is 8.79. The number of rotatable bonds is 10. The molecule has 0 unspecified atom stereocenters. The van der Waals surface area contributed by atoms with Crippen molar-refractivity contribution in [1.82, 2.24) is 5.43 Å². The van der Waals surface area contributed by atoms with E-state index in [0.29, 0.717) is 17.1 Å². The lowest BCUT2D eigenvalue weighted by molar-refractivity contribution is -0.384. The number of anilines is 1. The predicted octanol–water partition coefficient (Wildman–Crippen LogP) is 4.66. The number of amides is 1. The van der Waals surface area contributed by atoms with Crippen LogP contribution in [0.4, 0.5) is 11.4 Å². The maximum atomic E-state index is 12.1. The number of nitrogens with one attached hydrogen (secondary N) is 2. The number of hydrogen-bond acceptors (Lipinski definition) is 7. The third-order valence-electron chi connectivity index (χ3n) is 4.74. The SMILES string of the molecule is COc1ccc(/C=N\NC(=O)CNc2ccc(I)c(C)c2)cc1OCc1ccc([N+](=O)[O-])cc1. The van der Waals surface area contributed by atoms with Crippen LogP contribution in [-0.2, 0) is 11.4 Å². The maximum Gasteiger partial charge on any atom is 0.269 e. The molecule has 0 aliphatic carbocycles. The van der Waals surface area contributed by atoms with Crippen molar-refractivity contribution >= 4 is 46.1 Å². The molecule has 0 atom stereocenters. The monoisotopic (exact) mass is 574 g/mol. The lowest BCUT2D eigenvalue weighted by Crippen LogP contribution is -2.25. The fourth-order valence-electron chi connectivity index (χ4n) is 2.92. The zero-order chi connectivity index (χ0) is 24.5. The molecule has 0 saturated heterocycles. The van der Waals surface area contributed by atoms with Crippen LogP contribution in [0.1, 0.15) is 16.7 Å². The smallest absolute Gasteiger partial charge is 0.269 e. The molecule has 0 saturated carbocycles. The number of nitrogens with zero attached hydrogens (tertiary/aromatic N) is 2. The molecule has 34 heavy (non-hydrogen) atoms. The second-order valence-corrected chi connectivity index (χ2v) is 8.40. The quantitative estimate of drug-likeness (QED) is 0.158. The average Bonchev–Trinajstić information content (AvgIpc) is 2.83. The number of non-ortho nitro benzene ring substituents is 1. The van der Waals surface area contributed by atoms with Gasteiger partial charge in [-0.25, -0.2) is 5.43 Å². The van der Waals surface area contributed by atoms with Crippen LogP contribution < -0.4 is 20.2 Å². The summed E-state index contributed by atoms with van der Waals surface area (Å²) in [6.45, 7) is 2.30. The second kappa shape index (κ2) is 12.0. The van der Waals surface area contributed by atoms with Gasteiger partial charge in [0.25, 0.3) is 11.6 Å². The molecule has 3 aromatic carbocycles. The van der Waals surface area contributed by atoms with Crippen molar-refractivity contribution < 1.29 is 19.2 Å². The molecule has 10 heteroatoms. The number of hydrogen-bond donors (Lipinski definition) is 2. The fraction of sp³-hybridized carbons (Fsp3) is 0.167. The number of carbonyl (C=O) groups is 1. The molecule has 3 aromatic rings. The van der Waals surface area contributed by atoms with Crippen molar-refractivity contribution in [3.05, 3.63) is 91.0 Å². The van der Waals surface area contributed by atoms with Crippen LogP contribution in [0, 0.1) is 20.6 Å². The number of aryl methyl sites for hydroxylation is 1. The lowest BCUT2D eigenvalue weighted by Gasteiger charge is -2.11. The first-order valence-corrected chi connectivity index (χ1v) is 11.3. The Labute approximate surface area is 210 Å². The van der Waals surface area contributed by atoms with E-state index in [9.17, 15) is 14.9 Å². The molecular formula is C24H23IN4O5. The van der Waals surface area contributed by atoms with Gasteiger partial charge < -0.3 is 14.8 Å². The van der Waals surface area contributed by atoms with Crippen molar-refractivity contribution in [2.45, 2.75) is 13.5 Å². The number of nitro groups is 1. The Morgan fingerprint density at radius 1 is 1.12 bits per heavy atom. The van der Waals surface area contributed by atoms with Gasteiger partial charge in [0.2, 0.25) is 0 Å². The Morgan fingerprint density at radius 2 is 1.88 bits per heavy atom. The number of benzene rings is 3. The molecule has 0 aliphatic rings. The first-order valence-electron chi connectivity index (χ1n) is 10.2. The Hall–Kier alpha value is -3.67. The third-order valence-corrected chi connectivity index (χ3v) is 5.95. The average molecular weight is 574 g/mol. The van der Waals surface area contributed by atoms with Crippen LogP contribution in [0.15, 0.2) is 65.8 Å². The summed E-state index contributed by atoms with van der Waals surface area (Å²) in [6.07, 6.45) is 1.51. The van der Waals surface area contributed by atoms with E-state index in [0.717, 1.165) is 20.4 Å². The Bertz CT molecular complexity index is 1200. The fourth-order valence-corrected chi connectivity index (χ4v) is 3.25. The molecule has 0 radical (unpaired) electrons. The minimum atomic E-state index is -0.450. The van der Waals surface area contributed by atoms with Gasteiger partial charge in [-0.05, 0) is 94.7 Å². The summed E-state index contributed by atoms with van der Waals surface area (Å²) in [6, 6.07) is 17.2. The number of halogens is 1. The summed E-state index contributed by atoms with van der Waals surface area (Å²) < 4.78 is 12.3. The van der Waals surface area contributed by atoms with Crippen LogP contribution in [-0.4, -0.2) is 30.7 Å². The number of methoxy groups -OCH3 is 1. The molecule has 3 rings (SSSR count). The van der Waals surface area contributed by atoms with Gasteiger partial charge in [-0.1, -0.05) is 0 Å². The van der Waals surface area contributed by atoms with Crippen molar-refractivity contribution in [1.29, 1.82) is 0 Å². The molecule has 176 valence electrons. The van der Waals surface area contributed by atoms with Crippen molar-refractivity contribution in [2.24, 2.45) is 5.10 Å². The highest BCUT2D eigenvalue weighted by Crippen LogP contribution is 2.28. The molecule has 0 spiro atoms. The van der Waals surface area contributed by atoms with E-state index < -0.39 is 4.92 Å². The van der Waals surface area contributed by atoms with Crippen molar-refractivity contribution in [2.75, 3.05) is 19.0 Å². The van der Waals surface area contributed by atoms with Crippen LogP contribution in [0.2, 0.25) is 0 Å². The number of carbonyl (C=O) groups excluding carboxylic acids is 1. The van der Waals surface area contributed by atoms with E-state index in [1.807, 2.05) is 25.1 Å². The zero-order valence-electron chi connectivity index (χ0n) is 18.6. The number of ether oxygens (including phenoxy) is 2. The minimum Gasteiger partial charge on any atom is -0.493 e. The molecule has 0 aromatic heterocycles. The largest absolute Gasteiger partial charge is 0.493 e. The van der Waals surface area contributed by atoms with E-state index in [-0.39, 0.29) is 24.7 Å². The Morgan fingerprint density at radius 3 is 2.56 bits per heavy atom. The number of hydrazone groups is 1. The maximum absolute atomic E-state index is 12.1. The van der Waals surface area contributed by atoms with Gasteiger partial charge in [-0.2, -0.15) is 5.10 Å². The summed E-state index contributed by atoms with van der Waals surface area (Å²) >= 11 is 2.26. The van der Waals surface area contributed by atoms with E-state index in [4.69, 9.17) is 9.47 Å². The minimum absolute atomic E-state index is 0.0189. The summed E-state index contributed by atoms with van der Waals surface area (Å²) in [5.74, 6) is 0.725. The van der Waals surface area contributed by atoms with Crippen LogP contribution in [0.25, 0.3) is 0 Å².